The van der Waals surface area contributed by atoms with Crippen molar-refractivity contribution in [3.63, 3.8) is 0 Å². The van der Waals surface area contributed by atoms with Crippen molar-refractivity contribution in [2.24, 2.45) is 0 Å². The van der Waals surface area contributed by atoms with Crippen LogP contribution in [0.1, 0.15) is 33.6 Å². The number of nitrogens with zero attached hydrogens (tertiary/aromatic N) is 1. The molecule has 1 aliphatic rings. The highest BCUT2D eigenvalue weighted by atomic mass is 19.3. The van der Waals surface area contributed by atoms with E-state index in [-0.39, 0.29) is 23.6 Å². The molecule has 1 fully saturated rings. The first-order chi connectivity index (χ1) is 16.5. The Morgan fingerprint density at radius 1 is 0.882 bits per heavy atom. The number of halogens is 2. The van der Waals surface area contributed by atoms with Crippen LogP contribution in [0.15, 0.2) is 78.9 Å². The van der Waals surface area contributed by atoms with Crippen LogP contribution >= 0.6 is 0 Å². The number of carbonyl (C=O) groups is 2. The van der Waals surface area contributed by atoms with Gasteiger partial charge in [-0.15, -0.1) is 0 Å². The highest BCUT2D eigenvalue weighted by Gasteiger charge is 2.25. The molecule has 0 aromatic heterocycles. The first-order valence-electron chi connectivity index (χ1n) is 11.1. The van der Waals surface area contributed by atoms with E-state index >= 15 is 0 Å². The van der Waals surface area contributed by atoms with Gasteiger partial charge in [-0.2, -0.15) is 8.78 Å². The average molecular weight is 466 g/mol. The van der Waals surface area contributed by atoms with E-state index in [2.05, 4.69) is 15.4 Å². The molecule has 0 atom stereocenters. The molecule has 2 N–H and O–H groups in total. The van der Waals surface area contributed by atoms with Crippen LogP contribution in [0.2, 0.25) is 0 Å². The van der Waals surface area contributed by atoms with Crippen molar-refractivity contribution >= 4 is 23.2 Å². The molecule has 3 aromatic rings. The zero-order valence-electron chi connectivity index (χ0n) is 18.4. The third-order valence-electron chi connectivity index (χ3n) is 5.67. The number of ether oxygens (including phenoxy) is 1. The molecule has 176 valence electrons. The van der Waals surface area contributed by atoms with E-state index in [9.17, 15) is 18.4 Å². The molecular weight excluding hydrogens is 440 g/mol. The number of carbonyl (C=O) groups excluding carboxylic acids is 2. The second kappa shape index (κ2) is 10.8. The van der Waals surface area contributed by atoms with E-state index < -0.39 is 6.61 Å². The normalized spacial score (nSPS) is 14.0. The summed E-state index contributed by atoms with van der Waals surface area (Å²) in [7, 11) is 0. The van der Waals surface area contributed by atoms with Gasteiger partial charge in [-0.3, -0.25) is 9.59 Å². The Kier molecular flexibility index (Phi) is 7.37. The number of piperidine rings is 1. The van der Waals surface area contributed by atoms with Gasteiger partial charge >= 0.3 is 6.61 Å². The summed E-state index contributed by atoms with van der Waals surface area (Å²) < 4.78 is 29.0. The van der Waals surface area contributed by atoms with Crippen LogP contribution in [-0.4, -0.2) is 42.5 Å². The number of benzene rings is 3. The summed E-state index contributed by atoms with van der Waals surface area (Å²) >= 11 is 0. The minimum Gasteiger partial charge on any atom is -0.435 e. The lowest BCUT2D eigenvalue weighted by Crippen LogP contribution is -2.46. The Bertz CT molecular complexity index is 1120. The van der Waals surface area contributed by atoms with Crippen molar-refractivity contribution in [3.05, 3.63) is 90.0 Å². The van der Waals surface area contributed by atoms with Gasteiger partial charge in [0, 0.05) is 30.4 Å². The molecule has 0 unspecified atom stereocenters. The Balaban J connectivity index is 1.35. The van der Waals surface area contributed by atoms with E-state index in [1.54, 1.807) is 48.5 Å². The third-order valence-corrected chi connectivity index (χ3v) is 5.67. The van der Waals surface area contributed by atoms with Crippen LogP contribution in [0, 0.1) is 0 Å². The number of nitrogens with one attached hydrogen (secondary N) is 2. The molecule has 0 saturated carbocycles. The lowest BCUT2D eigenvalue weighted by molar-refractivity contribution is -0.0498. The molecule has 8 heteroatoms. The summed E-state index contributed by atoms with van der Waals surface area (Å²) in [5.74, 6) is -0.151. The number of likely N-dealkylation sites (tertiary alicyclic amines) is 1. The van der Waals surface area contributed by atoms with Gasteiger partial charge < -0.3 is 20.3 Å². The molecule has 1 heterocycles. The predicted octanol–water partition coefficient (Wildman–Crippen LogP) is 5.07. The first kappa shape index (κ1) is 23.2. The first-order valence-corrected chi connectivity index (χ1v) is 11.1. The van der Waals surface area contributed by atoms with Crippen molar-refractivity contribution in [1.29, 1.82) is 0 Å². The van der Waals surface area contributed by atoms with Crippen LogP contribution in [0.5, 0.6) is 5.75 Å². The molecule has 4 rings (SSSR count). The monoisotopic (exact) mass is 465 g/mol. The fourth-order valence-corrected chi connectivity index (χ4v) is 3.92. The molecule has 2 amide bonds. The summed E-state index contributed by atoms with van der Waals surface area (Å²) in [4.78, 5) is 27.4. The minimum atomic E-state index is -2.88. The highest BCUT2D eigenvalue weighted by molar-refractivity contribution is 6.00. The molecule has 1 saturated heterocycles. The van der Waals surface area contributed by atoms with Crippen LogP contribution < -0.4 is 15.4 Å². The third kappa shape index (κ3) is 5.89. The van der Waals surface area contributed by atoms with Gasteiger partial charge in [0.15, 0.2) is 0 Å². The second-order valence-electron chi connectivity index (χ2n) is 7.98. The number of amides is 2. The van der Waals surface area contributed by atoms with E-state index in [1.807, 2.05) is 23.1 Å². The Hall–Kier alpha value is -3.94. The summed E-state index contributed by atoms with van der Waals surface area (Å²) in [5, 5.41) is 6.23. The lowest BCUT2D eigenvalue weighted by Gasteiger charge is -2.32. The van der Waals surface area contributed by atoms with Crippen LogP contribution in [0.25, 0.3) is 0 Å². The number of anilines is 2. The Morgan fingerprint density at radius 2 is 1.53 bits per heavy atom. The summed E-state index contributed by atoms with van der Waals surface area (Å²) in [5.41, 5.74) is 2.37. The van der Waals surface area contributed by atoms with E-state index in [0.29, 0.717) is 48.4 Å². The van der Waals surface area contributed by atoms with E-state index in [0.717, 1.165) is 0 Å². The fraction of sp³-hybridized carbons (Fsp3) is 0.231. The molecule has 6 nitrogen and oxygen atoms in total. The molecule has 34 heavy (non-hydrogen) atoms. The standard InChI is InChI=1S/C26H25F2N3O3/c27-26(28)34-21-12-10-19(11-13-21)29-23-9-5-4-8-22(23)24(32)30-20-14-16-31(17-15-20)25(33)18-6-2-1-3-7-18/h1-13,20,26,29H,14-17H2,(H,30,32). The number of alkyl halides is 2. The summed E-state index contributed by atoms with van der Waals surface area (Å²) in [6, 6.07) is 22.3. The van der Waals surface area contributed by atoms with Crippen molar-refractivity contribution in [2.75, 3.05) is 18.4 Å². The zero-order chi connectivity index (χ0) is 23.9. The van der Waals surface area contributed by atoms with E-state index in [4.69, 9.17) is 0 Å². The predicted molar refractivity (Wildman–Crippen MR) is 126 cm³/mol. The van der Waals surface area contributed by atoms with Gasteiger partial charge in [0.25, 0.3) is 11.8 Å². The lowest BCUT2D eigenvalue weighted by atomic mass is 10.0. The Morgan fingerprint density at radius 3 is 2.21 bits per heavy atom. The van der Waals surface area contributed by atoms with Gasteiger partial charge in [-0.25, -0.2) is 0 Å². The van der Waals surface area contributed by atoms with Crippen molar-refractivity contribution < 1.29 is 23.1 Å². The van der Waals surface area contributed by atoms with E-state index in [1.165, 1.54) is 12.1 Å². The Labute approximate surface area is 196 Å². The molecule has 1 aliphatic heterocycles. The van der Waals surface area contributed by atoms with Gasteiger partial charge in [0.05, 0.1) is 11.3 Å². The number of hydrogen-bond donors (Lipinski definition) is 2. The number of rotatable bonds is 7. The SMILES string of the molecule is O=C(NC1CCN(C(=O)c2ccccc2)CC1)c1ccccc1Nc1ccc(OC(F)F)cc1. The number of para-hydroxylation sites is 1. The molecule has 0 spiro atoms. The average Bonchev–Trinajstić information content (AvgIpc) is 2.86. The molecule has 0 bridgehead atoms. The zero-order valence-corrected chi connectivity index (χ0v) is 18.4. The maximum Gasteiger partial charge on any atom is 0.387 e. The van der Waals surface area contributed by atoms with Gasteiger partial charge in [-0.1, -0.05) is 30.3 Å². The topological polar surface area (TPSA) is 70.7 Å². The highest BCUT2D eigenvalue weighted by Crippen LogP contribution is 2.24. The molecular formula is C26H25F2N3O3. The fourth-order valence-electron chi connectivity index (χ4n) is 3.92. The molecule has 0 radical (unpaired) electrons. The second-order valence-corrected chi connectivity index (χ2v) is 7.98. The molecule has 3 aromatic carbocycles. The van der Waals surface area contributed by atoms with Gasteiger partial charge in [0.2, 0.25) is 0 Å². The quantitative estimate of drug-likeness (QED) is 0.511. The van der Waals surface area contributed by atoms with Gasteiger partial charge in [0.1, 0.15) is 5.75 Å². The maximum absolute atomic E-state index is 13.0. The van der Waals surface area contributed by atoms with Crippen LogP contribution in [0.3, 0.4) is 0 Å². The van der Waals surface area contributed by atoms with Crippen molar-refractivity contribution in [3.8, 4) is 5.75 Å². The maximum atomic E-state index is 13.0. The molecule has 0 aliphatic carbocycles. The van der Waals surface area contributed by atoms with Crippen molar-refractivity contribution in [2.45, 2.75) is 25.5 Å². The van der Waals surface area contributed by atoms with Crippen LogP contribution in [0.4, 0.5) is 20.2 Å². The number of hydrogen-bond acceptors (Lipinski definition) is 4. The van der Waals surface area contributed by atoms with Crippen LogP contribution in [-0.2, 0) is 0 Å². The largest absolute Gasteiger partial charge is 0.435 e. The summed E-state index contributed by atoms with van der Waals surface area (Å²) in [6.07, 6.45) is 1.34. The smallest absolute Gasteiger partial charge is 0.387 e. The van der Waals surface area contributed by atoms with Gasteiger partial charge in [-0.05, 0) is 61.4 Å². The minimum absolute atomic E-state index is 0.00453. The summed E-state index contributed by atoms with van der Waals surface area (Å²) in [6.45, 7) is -1.73. The van der Waals surface area contributed by atoms with Crippen molar-refractivity contribution in [1.82, 2.24) is 10.2 Å².